The maximum Gasteiger partial charge on any atom is 0.102 e. The van der Waals surface area contributed by atoms with Gasteiger partial charge in [-0.1, -0.05) is 35.9 Å². The second-order valence-corrected chi connectivity index (χ2v) is 9.18. The lowest BCUT2D eigenvalue weighted by Gasteiger charge is -2.17. The van der Waals surface area contributed by atoms with Crippen molar-refractivity contribution in [1.82, 2.24) is 9.88 Å². The molecule has 0 spiro atoms. The summed E-state index contributed by atoms with van der Waals surface area (Å²) in [6.45, 7) is 6.50. The molecule has 2 heterocycles. The van der Waals surface area contributed by atoms with Crippen LogP contribution in [0.15, 0.2) is 42.6 Å². The van der Waals surface area contributed by atoms with Crippen molar-refractivity contribution < 1.29 is 5.11 Å². The van der Waals surface area contributed by atoms with Crippen molar-refractivity contribution in [1.29, 1.82) is 5.26 Å². The summed E-state index contributed by atoms with van der Waals surface area (Å²) < 4.78 is 0. The average molecular weight is 473 g/mol. The van der Waals surface area contributed by atoms with Gasteiger partial charge in [0.1, 0.15) is 6.07 Å². The number of aromatic nitrogens is 1. The van der Waals surface area contributed by atoms with E-state index in [1.54, 1.807) is 6.20 Å². The predicted molar refractivity (Wildman–Crippen MR) is 140 cm³/mol. The summed E-state index contributed by atoms with van der Waals surface area (Å²) in [5.74, 6) is 0. The lowest BCUT2D eigenvalue weighted by molar-refractivity contribution is 0.174. The van der Waals surface area contributed by atoms with Crippen molar-refractivity contribution >= 4 is 29.4 Å². The Kier molecular flexibility index (Phi) is 7.33. The monoisotopic (exact) mass is 472 g/mol. The van der Waals surface area contributed by atoms with Crippen molar-refractivity contribution in [2.75, 3.05) is 25.5 Å². The lowest BCUT2D eigenvalue weighted by Crippen LogP contribution is -2.22. The Morgan fingerprint density at radius 1 is 1.24 bits per heavy atom. The minimum atomic E-state index is -0.236. The molecule has 1 aliphatic rings. The van der Waals surface area contributed by atoms with E-state index in [9.17, 15) is 10.4 Å². The zero-order valence-corrected chi connectivity index (χ0v) is 20.5. The summed E-state index contributed by atoms with van der Waals surface area (Å²) in [4.78, 5) is 6.72. The molecule has 34 heavy (non-hydrogen) atoms. The number of rotatable bonds is 6. The molecular formula is C28H29ClN4O. The minimum Gasteiger partial charge on any atom is -0.392 e. The molecule has 1 aromatic heterocycles. The fourth-order valence-electron chi connectivity index (χ4n) is 4.55. The molecule has 0 saturated carbocycles. The van der Waals surface area contributed by atoms with Crippen molar-refractivity contribution in [3.05, 3.63) is 81.1 Å². The highest BCUT2D eigenvalue weighted by atomic mass is 35.5. The van der Waals surface area contributed by atoms with Gasteiger partial charge < -0.3 is 10.4 Å². The van der Waals surface area contributed by atoms with Crippen LogP contribution in [0.3, 0.4) is 0 Å². The second kappa shape index (κ2) is 10.4. The molecule has 4 rings (SSSR count). The lowest BCUT2D eigenvalue weighted by atomic mass is 9.95. The number of nitrogens with zero attached hydrogens (tertiary/aromatic N) is 3. The number of hydrogen-bond acceptors (Lipinski definition) is 5. The maximum atomic E-state index is 9.98. The van der Waals surface area contributed by atoms with Crippen LogP contribution >= 0.6 is 11.6 Å². The molecule has 2 aromatic carbocycles. The van der Waals surface area contributed by atoms with E-state index in [0.29, 0.717) is 22.8 Å². The number of anilines is 1. The quantitative estimate of drug-likeness (QED) is 0.483. The number of aliphatic hydroxyl groups is 1. The SMILES string of the molecule is CNc1cccc(-c2ccnc(/C=C/c3cc(C)c(CN4CC[C@@H](O)C4)cc3Cl)c2C#N)c1C. The molecular weight excluding hydrogens is 444 g/mol. The Morgan fingerprint density at radius 2 is 2.06 bits per heavy atom. The summed E-state index contributed by atoms with van der Waals surface area (Å²) in [5.41, 5.74) is 8.31. The molecule has 0 bridgehead atoms. The smallest absolute Gasteiger partial charge is 0.102 e. The highest BCUT2D eigenvalue weighted by molar-refractivity contribution is 6.32. The van der Waals surface area contributed by atoms with E-state index in [4.69, 9.17) is 11.6 Å². The molecule has 0 unspecified atom stereocenters. The van der Waals surface area contributed by atoms with E-state index in [2.05, 4.69) is 34.3 Å². The van der Waals surface area contributed by atoms with E-state index < -0.39 is 0 Å². The number of halogens is 1. The molecule has 1 saturated heterocycles. The molecule has 1 atom stereocenters. The van der Waals surface area contributed by atoms with Gasteiger partial charge in [-0.05, 0) is 72.4 Å². The summed E-state index contributed by atoms with van der Waals surface area (Å²) in [6.07, 6.45) is 6.10. The summed E-state index contributed by atoms with van der Waals surface area (Å²) >= 11 is 6.63. The summed E-state index contributed by atoms with van der Waals surface area (Å²) in [6, 6.07) is 14.3. The molecule has 2 N–H and O–H groups in total. The van der Waals surface area contributed by atoms with Gasteiger partial charge in [-0.3, -0.25) is 9.88 Å². The highest BCUT2D eigenvalue weighted by Gasteiger charge is 2.21. The molecule has 1 fully saturated rings. The van der Waals surface area contributed by atoms with Gasteiger partial charge in [-0.2, -0.15) is 5.26 Å². The summed E-state index contributed by atoms with van der Waals surface area (Å²) in [7, 11) is 1.89. The van der Waals surface area contributed by atoms with Crippen molar-refractivity contribution in [2.45, 2.75) is 32.9 Å². The molecule has 3 aromatic rings. The number of nitrogens with one attached hydrogen (secondary N) is 1. The molecule has 5 nitrogen and oxygen atoms in total. The number of hydrogen-bond donors (Lipinski definition) is 2. The van der Waals surface area contributed by atoms with Gasteiger partial charge >= 0.3 is 0 Å². The summed E-state index contributed by atoms with van der Waals surface area (Å²) in [5, 5.41) is 23.6. The largest absolute Gasteiger partial charge is 0.392 e. The zero-order chi connectivity index (χ0) is 24.2. The number of benzene rings is 2. The first-order valence-corrected chi connectivity index (χ1v) is 11.8. The van der Waals surface area contributed by atoms with Gasteiger partial charge in [0.05, 0.1) is 17.4 Å². The topological polar surface area (TPSA) is 72.2 Å². The fraction of sp³-hybridized carbons (Fsp3) is 0.286. The predicted octanol–water partition coefficient (Wildman–Crippen LogP) is 5.67. The van der Waals surface area contributed by atoms with Crippen LogP contribution < -0.4 is 5.32 Å². The van der Waals surface area contributed by atoms with Crippen LogP contribution in [-0.4, -0.2) is 41.2 Å². The van der Waals surface area contributed by atoms with Gasteiger partial charge in [0.25, 0.3) is 0 Å². The number of β-amino-alcohol motifs (C(OH)–C–C–N with tert-alkyl or cyclic N) is 1. The Hall–Kier alpha value is -3.17. The number of aryl methyl sites for hydroxylation is 1. The van der Waals surface area contributed by atoms with Gasteiger partial charge in [-0.25, -0.2) is 0 Å². The van der Waals surface area contributed by atoms with Crippen LogP contribution in [-0.2, 0) is 6.54 Å². The van der Waals surface area contributed by atoms with Gasteiger partial charge in [0, 0.05) is 49.2 Å². The van der Waals surface area contributed by atoms with E-state index in [1.807, 2.05) is 56.5 Å². The molecule has 0 amide bonds. The van der Waals surface area contributed by atoms with Crippen LogP contribution in [0.1, 0.15) is 39.9 Å². The zero-order valence-electron chi connectivity index (χ0n) is 19.8. The Bertz CT molecular complexity index is 1280. The number of nitriles is 1. The van der Waals surface area contributed by atoms with Crippen LogP contribution in [0.4, 0.5) is 5.69 Å². The Balaban J connectivity index is 1.64. The Morgan fingerprint density at radius 3 is 2.76 bits per heavy atom. The average Bonchev–Trinajstić information content (AvgIpc) is 3.24. The highest BCUT2D eigenvalue weighted by Crippen LogP contribution is 2.32. The van der Waals surface area contributed by atoms with Crippen molar-refractivity contribution in [3.8, 4) is 17.2 Å². The first-order chi connectivity index (χ1) is 16.4. The van der Waals surface area contributed by atoms with Crippen molar-refractivity contribution in [2.24, 2.45) is 0 Å². The van der Waals surface area contributed by atoms with Crippen LogP contribution in [0.5, 0.6) is 0 Å². The third kappa shape index (κ3) is 5.00. The van der Waals surface area contributed by atoms with Gasteiger partial charge in [-0.15, -0.1) is 0 Å². The minimum absolute atomic E-state index is 0.236. The third-order valence-electron chi connectivity index (χ3n) is 6.50. The van der Waals surface area contributed by atoms with E-state index >= 15 is 0 Å². The van der Waals surface area contributed by atoms with E-state index in [-0.39, 0.29) is 6.10 Å². The molecule has 0 radical (unpaired) electrons. The molecule has 6 heteroatoms. The van der Waals surface area contributed by atoms with Crippen LogP contribution in [0.25, 0.3) is 23.3 Å². The number of pyridine rings is 1. The van der Waals surface area contributed by atoms with Gasteiger partial charge in [0.15, 0.2) is 0 Å². The fourth-order valence-corrected chi connectivity index (χ4v) is 4.80. The standard InChI is InChI=1S/C28H29ClN4O/c1-18-13-20(26(29)14-21(18)16-33-12-10-22(34)17-33)7-8-28-25(15-30)24(9-11-32-28)23-5-4-6-27(31-3)19(23)2/h4-9,11,13-14,22,31,34H,10,12,16-17H2,1-3H3/b8-7+/t22-/m1/s1. The normalized spacial score (nSPS) is 16.2. The number of aliphatic hydroxyl groups excluding tert-OH is 1. The van der Waals surface area contributed by atoms with E-state index in [0.717, 1.165) is 58.6 Å². The van der Waals surface area contributed by atoms with Crippen LogP contribution in [0.2, 0.25) is 5.02 Å². The Labute approximate surface area is 206 Å². The first kappa shape index (κ1) is 24.0. The van der Waals surface area contributed by atoms with Gasteiger partial charge in [0.2, 0.25) is 0 Å². The van der Waals surface area contributed by atoms with E-state index in [1.165, 1.54) is 0 Å². The molecule has 0 aliphatic carbocycles. The van der Waals surface area contributed by atoms with Crippen LogP contribution in [0, 0.1) is 25.2 Å². The maximum absolute atomic E-state index is 9.98. The third-order valence-corrected chi connectivity index (χ3v) is 6.83. The molecule has 174 valence electrons. The number of likely N-dealkylation sites (tertiary alicyclic amines) is 1. The molecule has 1 aliphatic heterocycles. The van der Waals surface area contributed by atoms with Crippen molar-refractivity contribution in [3.63, 3.8) is 0 Å². The first-order valence-electron chi connectivity index (χ1n) is 11.5. The second-order valence-electron chi connectivity index (χ2n) is 8.77.